The number of carboxylic acid groups (broad SMARTS) is 2. The highest BCUT2D eigenvalue weighted by Crippen LogP contribution is 2.07. The monoisotopic (exact) mass is 965 g/mol. The number of carbonyl (C=O) groups is 10. The minimum Gasteiger partial charge on any atom is -0.481 e. The number of hydrogen-bond acceptors (Lipinski definition) is 15. The molecule has 0 radical (unpaired) electrons. The number of aromatic amines is 4. The molecule has 9 atom stereocenters. The molecule has 0 aliphatic heterocycles. The van der Waals surface area contributed by atoms with Crippen molar-refractivity contribution in [2.24, 2.45) is 5.73 Å². The second-order valence-corrected chi connectivity index (χ2v) is 15.8. The fraction of sp³-hybridized carbons (Fsp3) is 0.450. The fourth-order valence-electron chi connectivity index (χ4n) is 6.28. The molecule has 0 aromatic carbocycles. The Morgan fingerprint density at radius 1 is 0.435 bits per heavy atom. The Morgan fingerprint density at radius 3 is 0.971 bits per heavy atom. The summed E-state index contributed by atoms with van der Waals surface area (Å²) < 4.78 is 0. The second kappa shape index (κ2) is 25.4. The van der Waals surface area contributed by atoms with E-state index in [0.29, 0.717) is 22.8 Å². The van der Waals surface area contributed by atoms with Crippen LogP contribution in [0.25, 0.3) is 0 Å². The summed E-state index contributed by atoms with van der Waals surface area (Å²) >= 11 is 0. The third-order valence-electron chi connectivity index (χ3n) is 10.1. The molecule has 0 unspecified atom stereocenters. The molecule has 69 heavy (non-hydrogen) atoms. The van der Waals surface area contributed by atoms with Crippen molar-refractivity contribution in [3.63, 3.8) is 0 Å². The molecule has 0 saturated carbocycles. The summed E-state index contributed by atoms with van der Waals surface area (Å²) in [5.74, 6) is -9.93. The topological polar surface area (TPSA) is 448 Å². The fourth-order valence-corrected chi connectivity index (χ4v) is 6.28. The number of rotatable bonds is 27. The van der Waals surface area contributed by atoms with Crippen molar-refractivity contribution >= 4 is 59.2 Å². The molecular weight excluding hydrogens is 911 g/mol. The molecule has 0 aliphatic carbocycles. The number of nitrogens with zero attached hydrogens (tertiary/aromatic N) is 4. The summed E-state index contributed by atoms with van der Waals surface area (Å²) in [4.78, 5) is 157. The number of H-pyrrole nitrogens is 4. The molecule has 0 bridgehead atoms. The molecule has 0 spiro atoms. The number of hydrogen-bond donors (Lipinski definition) is 15. The van der Waals surface area contributed by atoms with Crippen LogP contribution in [0.3, 0.4) is 0 Å². The van der Waals surface area contributed by atoms with E-state index in [0.717, 1.165) is 0 Å². The summed E-state index contributed by atoms with van der Waals surface area (Å²) in [7, 11) is 0. The van der Waals surface area contributed by atoms with Crippen LogP contribution in [0, 0.1) is 0 Å². The molecule has 16 N–H and O–H groups in total. The van der Waals surface area contributed by atoms with E-state index in [1.165, 1.54) is 77.8 Å². The third-order valence-corrected chi connectivity index (χ3v) is 10.1. The molecule has 8 amide bonds. The van der Waals surface area contributed by atoms with Crippen molar-refractivity contribution in [2.45, 2.75) is 114 Å². The molecule has 372 valence electrons. The first-order valence-corrected chi connectivity index (χ1v) is 21.2. The number of aliphatic carboxylic acids is 2. The van der Waals surface area contributed by atoms with Gasteiger partial charge in [-0.3, -0.25) is 43.2 Å². The minimum atomic E-state index is -1.78. The van der Waals surface area contributed by atoms with Gasteiger partial charge in [0, 0.05) is 73.2 Å². The van der Waals surface area contributed by atoms with Crippen LogP contribution in [-0.2, 0) is 73.6 Å². The Labute approximate surface area is 391 Å². The second-order valence-electron chi connectivity index (χ2n) is 15.8. The van der Waals surface area contributed by atoms with Gasteiger partial charge < -0.3 is 78.4 Å². The lowest BCUT2D eigenvalue weighted by Crippen LogP contribution is -2.60. The molecular formula is C40H55N17O12. The summed E-state index contributed by atoms with van der Waals surface area (Å²) in [5, 5.41) is 37.9. The third kappa shape index (κ3) is 17.0. The number of nitrogens with one attached hydrogen (secondary N) is 12. The number of carbonyl (C=O) groups excluding carboxylic acids is 8. The molecule has 0 saturated heterocycles. The highest BCUT2D eigenvalue weighted by atomic mass is 16.4. The van der Waals surface area contributed by atoms with Crippen LogP contribution >= 0.6 is 0 Å². The average Bonchev–Trinajstić information content (AvgIpc) is 4.15. The van der Waals surface area contributed by atoms with Gasteiger partial charge >= 0.3 is 11.9 Å². The lowest BCUT2D eigenvalue weighted by Gasteiger charge is -2.26. The summed E-state index contributed by atoms with van der Waals surface area (Å²) in [6.45, 7) is 5.22. The normalized spacial score (nSPS) is 14.9. The van der Waals surface area contributed by atoms with Gasteiger partial charge in [0.25, 0.3) is 0 Å². The van der Waals surface area contributed by atoms with Gasteiger partial charge in [0.2, 0.25) is 47.3 Å². The maximum atomic E-state index is 14.1. The van der Waals surface area contributed by atoms with Gasteiger partial charge in [-0.25, -0.2) is 24.7 Å². The van der Waals surface area contributed by atoms with Crippen molar-refractivity contribution in [1.29, 1.82) is 0 Å². The van der Waals surface area contributed by atoms with Gasteiger partial charge in [0.05, 0.1) is 37.8 Å². The van der Waals surface area contributed by atoms with E-state index >= 15 is 0 Å². The van der Waals surface area contributed by atoms with E-state index < -0.39 is 120 Å². The number of nitrogens with two attached hydrogens (primary N) is 1. The number of carboxylic acids is 2. The van der Waals surface area contributed by atoms with Crippen molar-refractivity contribution in [3.8, 4) is 0 Å². The number of amides is 8. The Hall–Kier alpha value is -8.50. The largest absolute Gasteiger partial charge is 0.481 e. The predicted molar refractivity (Wildman–Crippen MR) is 235 cm³/mol. The van der Waals surface area contributed by atoms with Gasteiger partial charge in [-0.15, -0.1) is 0 Å². The lowest BCUT2D eigenvalue weighted by molar-refractivity contribution is -0.147. The van der Waals surface area contributed by atoms with E-state index in [1.54, 1.807) is 0 Å². The van der Waals surface area contributed by atoms with Crippen LogP contribution in [0.4, 0.5) is 0 Å². The first kappa shape index (κ1) is 53.1. The number of imidazole rings is 4. The Morgan fingerprint density at radius 2 is 0.696 bits per heavy atom. The van der Waals surface area contributed by atoms with Gasteiger partial charge in [-0.05, 0) is 27.7 Å². The van der Waals surface area contributed by atoms with Gasteiger partial charge in [0.1, 0.15) is 48.3 Å². The Bertz CT molecular complexity index is 2370. The maximum absolute atomic E-state index is 14.1. The van der Waals surface area contributed by atoms with E-state index in [-0.39, 0.29) is 25.7 Å². The molecule has 4 aromatic rings. The SMILES string of the molecule is C[C@H](N)C(=O)N[C@@H](Cc1cnc[nH]1)C(=O)N[C@@H](Cc1cnc[nH]1)C(=O)N[C@@H](C)C(=O)N[C@@H](Cc1cnc[nH]1)C(=O)N[C@@H](Cc1cnc[nH]1)C(=O)N[C@@H](C)C(=O)N[C@@H](C)C(=O)N[C@@H](CC(=O)O)C(=O)O. The van der Waals surface area contributed by atoms with Crippen molar-refractivity contribution < 1.29 is 58.2 Å². The van der Waals surface area contributed by atoms with Crippen LogP contribution in [0.2, 0.25) is 0 Å². The summed E-state index contributed by atoms with van der Waals surface area (Å²) in [6.07, 6.45) is 9.53. The minimum absolute atomic E-state index is 0.0455. The van der Waals surface area contributed by atoms with Crippen LogP contribution in [0.5, 0.6) is 0 Å². The molecule has 4 heterocycles. The molecule has 0 fully saturated rings. The zero-order valence-corrected chi connectivity index (χ0v) is 37.7. The quantitative estimate of drug-likeness (QED) is 0.0265. The predicted octanol–water partition coefficient (Wildman–Crippen LogP) is -5.31. The van der Waals surface area contributed by atoms with E-state index in [2.05, 4.69) is 77.1 Å². The lowest BCUT2D eigenvalue weighted by atomic mass is 10.1. The standard InChI is InChI=1S/C40H55N17O12/c1-18(41)32(60)53-28(7-24-12-44-16-48-24)38(66)55-27(6-23-11-43-15-47-23)37(65)52-21(4)34(62)54-29(8-25-13-45-17-49-25)39(67)56-26(5-22-10-42-14-46-22)36(64)51-19(2)33(61)50-20(3)35(63)57-30(40(68)69)9-31(58)59/h10-21,26-30H,5-9,41H2,1-4H3,(H,42,46)(H,43,47)(H,44,48)(H,45,49)(H,50,61)(H,51,64)(H,52,65)(H,53,60)(H,54,62)(H,55,66)(H,56,67)(H,57,63)(H,58,59)(H,68,69)/t18-,19-,20-,21-,26-,27-,28-,29-,30-/m0/s1. The summed E-state index contributed by atoms with van der Waals surface area (Å²) in [5.41, 5.74) is 7.41. The average molecular weight is 966 g/mol. The van der Waals surface area contributed by atoms with Crippen molar-refractivity contribution in [1.82, 2.24) is 82.4 Å². The smallest absolute Gasteiger partial charge is 0.326 e. The van der Waals surface area contributed by atoms with E-state index in [4.69, 9.17) is 10.8 Å². The van der Waals surface area contributed by atoms with E-state index in [1.807, 2.05) is 5.32 Å². The van der Waals surface area contributed by atoms with Crippen LogP contribution in [0.1, 0.15) is 56.9 Å². The zero-order valence-electron chi connectivity index (χ0n) is 37.7. The van der Waals surface area contributed by atoms with Crippen molar-refractivity contribution in [2.75, 3.05) is 0 Å². The molecule has 0 aliphatic rings. The molecule has 29 heteroatoms. The van der Waals surface area contributed by atoms with Crippen LogP contribution in [-0.4, -0.2) is 164 Å². The van der Waals surface area contributed by atoms with Gasteiger partial charge in [-0.2, -0.15) is 0 Å². The maximum Gasteiger partial charge on any atom is 0.326 e. The van der Waals surface area contributed by atoms with Gasteiger partial charge in [-0.1, -0.05) is 0 Å². The van der Waals surface area contributed by atoms with Crippen LogP contribution < -0.4 is 48.3 Å². The first-order chi connectivity index (χ1) is 32.7. The Balaban J connectivity index is 1.47. The zero-order chi connectivity index (χ0) is 50.8. The molecule has 29 nitrogen and oxygen atoms in total. The van der Waals surface area contributed by atoms with Crippen molar-refractivity contribution in [3.05, 3.63) is 72.9 Å². The highest BCUT2D eigenvalue weighted by molar-refractivity contribution is 5.98. The Kier molecular flexibility index (Phi) is 19.6. The number of aromatic nitrogens is 8. The molecule has 4 rings (SSSR count). The highest BCUT2D eigenvalue weighted by Gasteiger charge is 2.34. The van der Waals surface area contributed by atoms with Gasteiger partial charge in [0.15, 0.2) is 0 Å². The molecule has 4 aromatic heterocycles. The van der Waals surface area contributed by atoms with E-state index in [9.17, 15) is 53.1 Å². The van der Waals surface area contributed by atoms with Crippen LogP contribution in [0.15, 0.2) is 50.1 Å². The summed E-state index contributed by atoms with van der Waals surface area (Å²) in [6, 6.07) is -12.2. The first-order valence-electron chi connectivity index (χ1n) is 21.2.